The second kappa shape index (κ2) is 6.21. The van der Waals surface area contributed by atoms with E-state index in [0.29, 0.717) is 19.5 Å². The zero-order valence-electron chi connectivity index (χ0n) is 10.6. The fraction of sp³-hybridized carbons (Fsp3) is 0.357. The van der Waals surface area contributed by atoms with E-state index >= 15 is 0 Å². The number of nitrogens with one attached hydrogen (secondary N) is 3. The summed E-state index contributed by atoms with van der Waals surface area (Å²) < 4.78 is 0. The quantitative estimate of drug-likeness (QED) is 0.679. The van der Waals surface area contributed by atoms with Crippen molar-refractivity contribution in [3.63, 3.8) is 0 Å². The van der Waals surface area contributed by atoms with Crippen LogP contribution in [0.1, 0.15) is 18.9 Å². The van der Waals surface area contributed by atoms with E-state index in [1.807, 2.05) is 13.1 Å². The van der Waals surface area contributed by atoms with Crippen molar-refractivity contribution in [1.82, 2.24) is 15.6 Å². The van der Waals surface area contributed by atoms with Gasteiger partial charge < -0.3 is 15.6 Å². The zero-order chi connectivity index (χ0) is 12.8. The summed E-state index contributed by atoms with van der Waals surface area (Å²) in [6.07, 6.45) is 2.47. The number of carbonyl (C=O) groups excluding carboxylic acids is 1. The summed E-state index contributed by atoms with van der Waals surface area (Å²) in [5.41, 5.74) is 2.39. The largest absolute Gasteiger partial charge is 0.361 e. The van der Waals surface area contributed by atoms with Crippen LogP contribution < -0.4 is 10.6 Å². The van der Waals surface area contributed by atoms with Crippen molar-refractivity contribution in [1.29, 1.82) is 0 Å². The van der Waals surface area contributed by atoms with Crippen LogP contribution in [0.25, 0.3) is 10.9 Å². The molecule has 0 atom stereocenters. The minimum Gasteiger partial charge on any atom is -0.361 e. The lowest BCUT2D eigenvalue weighted by Crippen LogP contribution is -2.27. The standard InChI is InChI=1S/C14H19N3O/c1-2-16-14(18)6-7-15-10-11-3-4-13-12(9-11)5-8-17-13/h3-5,8-9,15,17H,2,6-7,10H2,1H3,(H,16,18). The van der Waals surface area contributed by atoms with Crippen LogP contribution in [-0.4, -0.2) is 24.0 Å². The van der Waals surface area contributed by atoms with E-state index in [4.69, 9.17) is 0 Å². The molecular weight excluding hydrogens is 226 g/mol. The van der Waals surface area contributed by atoms with Crippen LogP contribution in [0.2, 0.25) is 0 Å². The molecule has 0 saturated heterocycles. The molecule has 0 aliphatic carbocycles. The van der Waals surface area contributed by atoms with Crippen molar-refractivity contribution < 1.29 is 4.79 Å². The molecule has 0 saturated carbocycles. The van der Waals surface area contributed by atoms with Gasteiger partial charge in [0.05, 0.1) is 0 Å². The highest BCUT2D eigenvalue weighted by Gasteiger charge is 2.00. The molecule has 0 spiro atoms. The highest BCUT2D eigenvalue weighted by atomic mass is 16.1. The van der Waals surface area contributed by atoms with E-state index in [1.165, 1.54) is 10.9 Å². The molecule has 1 heterocycles. The summed E-state index contributed by atoms with van der Waals surface area (Å²) >= 11 is 0. The molecular formula is C14H19N3O. The molecule has 1 aromatic heterocycles. The average Bonchev–Trinajstić information content (AvgIpc) is 2.82. The molecule has 4 heteroatoms. The molecule has 4 nitrogen and oxygen atoms in total. The molecule has 0 bridgehead atoms. The van der Waals surface area contributed by atoms with E-state index < -0.39 is 0 Å². The molecule has 2 rings (SSSR count). The van der Waals surface area contributed by atoms with Gasteiger partial charge in [-0.25, -0.2) is 0 Å². The molecule has 2 aromatic rings. The number of benzene rings is 1. The van der Waals surface area contributed by atoms with Crippen molar-refractivity contribution in [2.75, 3.05) is 13.1 Å². The third-order valence-corrected chi connectivity index (χ3v) is 2.85. The Hall–Kier alpha value is -1.81. The van der Waals surface area contributed by atoms with E-state index in [1.54, 1.807) is 0 Å². The fourth-order valence-corrected chi connectivity index (χ4v) is 1.93. The van der Waals surface area contributed by atoms with Gasteiger partial charge >= 0.3 is 0 Å². The van der Waals surface area contributed by atoms with Crippen LogP contribution >= 0.6 is 0 Å². The van der Waals surface area contributed by atoms with Crippen molar-refractivity contribution >= 4 is 16.8 Å². The van der Waals surface area contributed by atoms with Crippen LogP contribution in [-0.2, 0) is 11.3 Å². The normalized spacial score (nSPS) is 10.7. The van der Waals surface area contributed by atoms with E-state index in [2.05, 4.69) is 39.9 Å². The van der Waals surface area contributed by atoms with Gasteiger partial charge in [-0.1, -0.05) is 6.07 Å². The summed E-state index contributed by atoms with van der Waals surface area (Å²) in [5.74, 6) is 0.103. The number of amides is 1. The lowest BCUT2D eigenvalue weighted by molar-refractivity contribution is -0.120. The maximum atomic E-state index is 11.2. The number of carbonyl (C=O) groups is 1. The molecule has 3 N–H and O–H groups in total. The summed E-state index contributed by atoms with van der Waals surface area (Å²) in [7, 11) is 0. The molecule has 1 aromatic carbocycles. The first-order chi connectivity index (χ1) is 8.79. The van der Waals surface area contributed by atoms with Crippen LogP contribution in [0.5, 0.6) is 0 Å². The van der Waals surface area contributed by atoms with Gasteiger partial charge in [0.2, 0.25) is 5.91 Å². The minimum absolute atomic E-state index is 0.103. The molecule has 1 amide bonds. The maximum absolute atomic E-state index is 11.2. The Kier molecular flexibility index (Phi) is 4.36. The van der Waals surface area contributed by atoms with Gasteiger partial charge in [0, 0.05) is 37.8 Å². The predicted octanol–water partition coefficient (Wildman–Crippen LogP) is 1.78. The van der Waals surface area contributed by atoms with Crippen LogP contribution in [0.4, 0.5) is 0 Å². The average molecular weight is 245 g/mol. The highest BCUT2D eigenvalue weighted by Crippen LogP contribution is 2.13. The van der Waals surface area contributed by atoms with Gasteiger partial charge in [-0.2, -0.15) is 0 Å². The van der Waals surface area contributed by atoms with Crippen molar-refractivity contribution in [2.45, 2.75) is 19.9 Å². The van der Waals surface area contributed by atoms with Gasteiger partial charge in [-0.3, -0.25) is 4.79 Å². The monoisotopic (exact) mass is 245 g/mol. The second-order valence-electron chi connectivity index (χ2n) is 4.28. The lowest BCUT2D eigenvalue weighted by Gasteiger charge is -2.05. The van der Waals surface area contributed by atoms with Gasteiger partial charge in [-0.05, 0) is 36.1 Å². The zero-order valence-corrected chi connectivity index (χ0v) is 10.6. The molecule has 0 aliphatic rings. The SMILES string of the molecule is CCNC(=O)CCNCc1ccc2[nH]ccc2c1. The van der Waals surface area contributed by atoms with Gasteiger partial charge in [0.15, 0.2) is 0 Å². The molecule has 0 radical (unpaired) electrons. The van der Waals surface area contributed by atoms with Crippen molar-refractivity contribution in [3.05, 3.63) is 36.0 Å². The Morgan fingerprint density at radius 1 is 1.33 bits per heavy atom. The first-order valence-electron chi connectivity index (χ1n) is 6.33. The van der Waals surface area contributed by atoms with Gasteiger partial charge in [0.1, 0.15) is 0 Å². The first-order valence-corrected chi connectivity index (χ1v) is 6.33. The Balaban J connectivity index is 1.77. The topological polar surface area (TPSA) is 56.9 Å². The molecule has 0 aliphatic heterocycles. The lowest BCUT2D eigenvalue weighted by atomic mass is 10.1. The Morgan fingerprint density at radius 2 is 2.22 bits per heavy atom. The van der Waals surface area contributed by atoms with Gasteiger partial charge in [0.25, 0.3) is 0 Å². The van der Waals surface area contributed by atoms with E-state index in [-0.39, 0.29) is 5.91 Å². The van der Waals surface area contributed by atoms with Crippen molar-refractivity contribution in [3.8, 4) is 0 Å². The Morgan fingerprint density at radius 3 is 3.06 bits per heavy atom. The molecule has 18 heavy (non-hydrogen) atoms. The number of hydrogen-bond donors (Lipinski definition) is 3. The van der Waals surface area contributed by atoms with Crippen molar-refractivity contribution in [2.24, 2.45) is 0 Å². The number of H-pyrrole nitrogens is 1. The third kappa shape index (κ3) is 3.34. The Bertz CT molecular complexity index is 518. The highest BCUT2D eigenvalue weighted by molar-refractivity contribution is 5.79. The Labute approximate surface area is 107 Å². The number of rotatable bonds is 6. The maximum Gasteiger partial charge on any atom is 0.221 e. The molecule has 96 valence electrons. The van der Waals surface area contributed by atoms with Crippen LogP contribution in [0.3, 0.4) is 0 Å². The smallest absolute Gasteiger partial charge is 0.221 e. The third-order valence-electron chi connectivity index (χ3n) is 2.85. The van der Waals surface area contributed by atoms with E-state index in [9.17, 15) is 4.79 Å². The predicted molar refractivity (Wildman–Crippen MR) is 73.3 cm³/mol. The fourth-order valence-electron chi connectivity index (χ4n) is 1.93. The summed E-state index contributed by atoms with van der Waals surface area (Å²) in [6.45, 7) is 4.12. The van der Waals surface area contributed by atoms with Gasteiger partial charge in [-0.15, -0.1) is 0 Å². The first kappa shape index (κ1) is 12.6. The molecule has 0 fully saturated rings. The minimum atomic E-state index is 0.103. The summed E-state index contributed by atoms with van der Waals surface area (Å²) in [4.78, 5) is 14.4. The van der Waals surface area contributed by atoms with E-state index in [0.717, 1.165) is 12.1 Å². The number of aromatic amines is 1. The van der Waals surface area contributed by atoms with Crippen LogP contribution in [0.15, 0.2) is 30.5 Å². The number of aromatic nitrogens is 1. The number of fused-ring (bicyclic) bond motifs is 1. The summed E-state index contributed by atoms with van der Waals surface area (Å²) in [6, 6.07) is 8.40. The molecule has 0 unspecified atom stereocenters. The van der Waals surface area contributed by atoms with Crippen LogP contribution in [0, 0.1) is 0 Å². The second-order valence-corrected chi connectivity index (χ2v) is 4.28. The summed E-state index contributed by atoms with van der Waals surface area (Å²) in [5, 5.41) is 7.28. The number of hydrogen-bond acceptors (Lipinski definition) is 2.